The molecule has 0 saturated heterocycles. The number of rotatable bonds is 2. The van der Waals surface area contributed by atoms with Crippen LogP contribution in [0.3, 0.4) is 0 Å². The summed E-state index contributed by atoms with van der Waals surface area (Å²) < 4.78 is 1.95. The summed E-state index contributed by atoms with van der Waals surface area (Å²) in [4.78, 5) is 4.86. The Kier molecular flexibility index (Phi) is 2.73. The number of aromatic nitrogens is 3. The second-order valence-corrected chi connectivity index (χ2v) is 7.45. The van der Waals surface area contributed by atoms with Crippen LogP contribution in [0.4, 0.5) is 5.82 Å². The SMILES string of the molecule is Cc1cc2nc(NC3CCC4(CC3)CC4)c3ccccc3n2n1. The summed E-state index contributed by atoms with van der Waals surface area (Å²) in [5.74, 6) is 1.02. The van der Waals surface area contributed by atoms with Gasteiger partial charge in [-0.25, -0.2) is 9.50 Å². The molecule has 1 aromatic carbocycles. The van der Waals surface area contributed by atoms with Crippen molar-refractivity contribution < 1.29 is 0 Å². The van der Waals surface area contributed by atoms with Crippen molar-refractivity contribution in [3.63, 3.8) is 0 Å². The van der Waals surface area contributed by atoms with E-state index in [2.05, 4.69) is 40.7 Å². The molecule has 5 rings (SSSR count). The van der Waals surface area contributed by atoms with Crippen molar-refractivity contribution in [1.29, 1.82) is 0 Å². The summed E-state index contributed by atoms with van der Waals surface area (Å²) in [5, 5.41) is 9.48. The molecule has 4 heteroatoms. The van der Waals surface area contributed by atoms with Gasteiger partial charge in [0, 0.05) is 17.5 Å². The fourth-order valence-corrected chi connectivity index (χ4v) is 4.13. The third-order valence-corrected chi connectivity index (χ3v) is 5.77. The van der Waals surface area contributed by atoms with Crippen molar-refractivity contribution in [3.05, 3.63) is 36.0 Å². The lowest BCUT2D eigenvalue weighted by atomic mass is 9.83. The van der Waals surface area contributed by atoms with Crippen LogP contribution in [0.15, 0.2) is 30.3 Å². The minimum absolute atomic E-state index is 0.559. The summed E-state index contributed by atoms with van der Waals surface area (Å²) in [7, 11) is 0. The highest BCUT2D eigenvalue weighted by Crippen LogP contribution is 2.56. The molecule has 2 fully saturated rings. The van der Waals surface area contributed by atoms with Gasteiger partial charge in [-0.2, -0.15) is 5.10 Å². The first-order chi connectivity index (χ1) is 11.2. The molecule has 1 N–H and O–H groups in total. The molecule has 0 amide bonds. The topological polar surface area (TPSA) is 42.2 Å². The van der Waals surface area contributed by atoms with Gasteiger partial charge >= 0.3 is 0 Å². The zero-order valence-corrected chi connectivity index (χ0v) is 13.5. The number of benzene rings is 1. The minimum atomic E-state index is 0.559. The fraction of sp³-hybridized carbons (Fsp3) is 0.474. The van der Waals surface area contributed by atoms with Gasteiger partial charge in [0.05, 0.1) is 11.2 Å². The maximum atomic E-state index is 4.86. The molecule has 0 aliphatic heterocycles. The van der Waals surface area contributed by atoms with Crippen molar-refractivity contribution in [2.75, 3.05) is 5.32 Å². The number of aryl methyl sites for hydroxylation is 1. The minimum Gasteiger partial charge on any atom is -0.367 e. The van der Waals surface area contributed by atoms with E-state index >= 15 is 0 Å². The van der Waals surface area contributed by atoms with Gasteiger partial charge in [-0.3, -0.25) is 0 Å². The first-order valence-electron chi connectivity index (χ1n) is 8.74. The maximum Gasteiger partial charge on any atom is 0.158 e. The Balaban J connectivity index is 1.54. The average Bonchev–Trinajstić information content (AvgIpc) is 3.21. The number of hydrogen-bond acceptors (Lipinski definition) is 3. The monoisotopic (exact) mass is 306 g/mol. The zero-order valence-electron chi connectivity index (χ0n) is 13.5. The summed E-state index contributed by atoms with van der Waals surface area (Å²) in [5.41, 5.74) is 3.80. The Morgan fingerprint density at radius 2 is 1.91 bits per heavy atom. The van der Waals surface area contributed by atoms with Gasteiger partial charge in [0.2, 0.25) is 0 Å². The van der Waals surface area contributed by atoms with Gasteiger partial charge < -0.3 is 5.32 Å². The van der Waals surface area contributed by atoms with Crippen molar-refractivity contribution in [1.82, 2.24) is 14.6 Å². The van der Waals surface area contributed by atoms with E-state index in [1.54, 1.807) is 0 Å². The molecular weight excluding hydrogens is 284 g/mol. The highest BCUT2D eigenvalue weighted by Gasteiger charge is 2.44. The van der Waals surface area contributed by atoms with E-state index in [0.29, 0.717) is 6.04 Å². The van der Waals surface area contributed by atoms with Crippen LogP contribution in [0, 0.1) is 12.3 Å². The van der Waals surface area contributed by atoms with Crippen molar-refractivity contribution in [3.8, 4) is 0 Å². The van der Waals surface area contributed by atoms with Gasteiger partial charge in [0.25, 0.3) is 0 Å². The van der Waals surface area contributed by atoms with E-state index in [-0.39, 0.29) is 0 Å². The van der Waals surface area contributed by atoms with E-state index in [9.17, 15) is 0 Å². The maximum absolute atomic E-state index is 4.86. The Morgan fingerprint density at radius 3 is 2.70 bits per heavy atom. The van der Waals surface area contributed by atoms with Crippen LogP contribution in [0.2, 0.25) is 0 Å². The largest absolute Gasteiger partial charge is 0.367 e. The quantitative estimate of drug-likeness (QED) is 0.766. The third kappa shape index (κ3) is 2.19. The Bertz CT molecular complexity index is 881. The van der Waals surface area contributed by atoms with Crippen LogP contribution < -0.4 is 5.32 Å². The first-order valence-corrected chi connectivity index (χ1v) is 8.74. The van der Waals surface area contributed by atoms with Crippen LogP contribution in [0.5, 0.6) is 0 Å². The van der Waals surface area contributed by atoms with Crippen molar-refractivity contribution in [2.24, 2.45) is 5.41 Å². The molecule has 4 nitrogen and oxygen atoms in total. The second-order valence-electron chi connectivity index (χ2n) is 7.45. The highest BCUT2D eigenvalue weighted by molar-refractivity contribution is 5.91. The van der Waals surface area contributed by atoms with Crippen molar-refractivity contribution >= 4 is 22.4 Å². The zero-order chi connectivity index (χ0) is 15.4. The lowest BCUT2D eigenvalue weighted by Crippen LogP contribution is -2.27. The number of anilines is 1. The van der Waals surface area contributed by atoms with Gasteiger partial charge in [0.15, 0.2) is 5.65 Å². The van der Waals surface area contributed by atoms with Crippen LogP contribution in [0.25, 0.3) is 16.6 Å². The molecule has 3 aromatic rings. The first kappa shape index (κ1) is 13.3. The molecule has 0 radical (unpaired) electrons. The molecule has 23 heavy (non-hydrogen) atoms. The standard InChI is InChI=1S/C19H22N4/c1-13-12-17-21-18(15-4-2-3-5-16(15)23(17)22-13)20-14-6-8-19(9-7-14)10-11-19/h2-5,12,14H,6-11H2,1H3,(H,20,21). The molecule has 118 valence electrons. The molecule has 1 spiro atoms. The van der Waals surface area contributed by atoms with Gasteiger partial charge in [-0.1, -0.05) is 12.1 Å². The van der Waals surface area contributed by atoms with Crippen LogP contribution in [-0.4, -0.2) is 20.6 Å². The average molecular weight is 306 g/mol. The predicted molar refractivity (Wildman–Crippen MR) is 92.8 cm³/mol. The van der Waals surface area contributed by atoms with Gasteiger partial charge in [-0.05, 0) is 63.0 Å². The number of fused-ring (bicyclic) bond motifs is 3. The number of nitrogens with one attached hydrogen (secondary N) is 1. The normalized spacial score (nSPS) is 20.4. The molecule has 0 bridgehead atoms. The van der Waals surface area contributed by atoms with E-state index in [1.165, 1.54) is 38.5 Å². The Hall–Kier alpha value is -2.10. The smallest absolute Gasteiger partial charge is 0.158 e. The number of nitrogens with zero attached hydrogens (tertiary/aromatic N) is 3. The lowest BCUT2D eigenvalue weighted by molar-refractivity contribution is 0.317. The molecule has 0 atom stereocenters. The molecule has 2 aromatic heterocycles. The van der Waals surface area contributed by atoms with Gasteiger partial charge in [-0.15, -0.1) is 0 Å². The van der Waals surface area contributed by atoms with E-state index in [0.717, 1.165) is 33.5 Å². The summed E-state index contributed by atoms with van der Waals surface area (Å²) in [6, 6.07) is 11.0. The van der Waals surface area contributed by atoms with Crippen LogP contribution in [0.1, 0.15) is 44.2 Å². The lowest BCUT2D eigenvalue weighted by Gasteiger charge is -2.29. The summed E-state index contributed by atoms with van der Waals surface area (Å²) >= 11 is 0. The Labute approximate surface area is 135 Å². The highest BCUT2D eigenvalue weighted by atomic mass is 15.3. The fourth-order valence-electron chi connectivity index (χ4n) is 4.13. The molecule has 2 aliphatic carbocycles. The molecule has 2 saturated carbocycles. The second kappa shape index (κ2) is 4.70. The molecule has 0 unspecified atom stereocenters. The summed E-state index contributed by atoms with van der Waals surface area (Å²) in [6.07, 6.45) is 8.25. The van der Waals surface area contributed by atoms with E-state index in [1.807, 2.05) is 11.4 Å². The molecular formula is C19H22N4. The molecule has 2 aliphatic rings. The van der Waals surface area contributed by atoms with Crippen LogP contribution >= 0.6 is 0 Å². The molecule has 2 heterocycles. The van der Waals surface area contributed by atoms with Gasteiger partial charge in [0.1, 0.15) is 5.82 Å². The number of para-hydroxylation sites is 1. The third-order valence-electron chi connectivity index (χ3n) is 5.77. The van der Waals surface area contributed by atoms with E-state index in [4.69, 9.17) is 4.98 Å². The Morgan fingerprint density at radius 1 is 1.13 bits per heavy atom. The predicted octanol–water partition coefficient (Wildman–Crippen LogP) is 4.33. The van der Waals surface area contributed by atoms with E-state index < -0.39 is 0 Å². The number of hydrogen-bond donors (Lipinski definition) is 1. The van der Waals surface area contributed by atoms with Crippen LogP contribution in [-0.2, 0) is 0 Å². The summed E-state index contributed by atoms with van der Waals surface area (Å²) in [6.45, 7) is 2.02. The van der Waals surface area contributed by atoms with Crippen molar-refractivity contribution in [2.45, 2.75) is 51.5 Å².